The molecule has 112 valence electrons. The Kier molecular flexibility index (Phi) is 5.27. The topological polar surface area (TPSA) is 30.5 Å². The minimum atomic E-state index is 0.264. The number of hydrogen-bond acceptors (Lipinski definition) is 3. The monoisotopic (exact) mass is 269 g/mol. The first-order valence-electron chi connectivity index (χ1n) is 8.06. The second kappa shape index (κ2) is 6.55. The van der Waals surface area contributed by atoms with E-state index >= 15 is 0 Å². The van der Waals surface area contributed by atoms with Gasteiger partial charge in [-0.3, -0.25) is 0 Å². The van der Waals surface area contributed by atoms with Gasteiger partial charge in [-0.05, 0) is 51.0 Å². The third-order valence-corrected chi connectivity index (χ3v) is 4.73. The zero-order valence-electron chi connectivity index (χ0n) is 13.1. The summed E-state index contributed by atoms with van der Waals surface area (Å²) in [5.41, 5.74) is 0.519. The van der Waals surface area contributed by atoms with Gasteiger partial charge >= 0.3 is 0 Å². The van der Waals surface area contributed by atoms with Crippen molar-refractivity contribution in [3.63, 3.8) is 0 Å². The van der Waals surface area contributed by atoms with Gasteiger partial charge in [0, 0.05) is 12.6 Å². The molecule has 0 saturated heterocycles. The van der Waals surface area contributed by atoms with Gasteiger partial charge in [0.05, 0.1) is 18.3 Å². The van der Waals surface area contributed by atoms with Crippen molar-refractivity contribution in [3.8, 4) is 0 Å². The third-order valence-electron chi connectivity index (χ3n) is 4.73. The third kappa shape index (κ3) is 3.93. The lowest BCUT2D eigenvalue weighted by Crippen LogP contribution is -2.60. The highest BCUT2D eigenvalue weighted by Crippen LogP contribution is 2.38. The zero-order valence-corrected chi connectivity index (χ0v) is 13.1. The summed E-state index contributed by atoms with van der Waals surface area (Å²) in [5.74, 6) is 0. The van der Waals surface area contributed by atoms with Gasteiger partial charge in [0.2, 0.25) is 0 Å². The highest BCUT2D eigenvalue weighted by Gasteiger charge is 2.43. The Labute approximate surface area is 118 Å². The fourth-order valence-corrected chi connectivity index (χ4v) is 3.35. The smallest absolute Gasteiger partial charge is 0.0990 e. The van der Waals surface area contributed by atoms with E-state index in [9.17, 15) is 0 Å². The van der Waals surface area contributed by atoms with Crippen LogP contribution in [0.1, 0.15) is 59.8 Å². The van der Waals surface area contributed by atoms with Crippen LogP contribution in [0.4, 0.5) is 0 Å². The highest BCUT2D eigenvalue weighted by atomic mass is 16.6. The lowest BCUT2D eigenvalue weighted by atomic mass is 9.76. The van der Waals surface area contributed by atoms with Gasteiger partial charge in [0.1, 0.15) is 0 Å². The van der Waals surface area contributed by atoms with Gasteiger partial charge in [-0.25, -0.2) is 0 Å². The number of hydrogen-bond donors (Lipinski definition) is 1. The molecule has 0 radical (unpaired) electrons. The molecule has 19 heavy (non-hydrogen) atoms. The second-order valence-electron chi connectivity index (χ2n) is 6.86. The minimum absolute atomic E-state index is 0.264. The maximum Gasteiger partial charge on any atom is 0.0990 e. The van der Waals surface area contributed by atoms with Crippen molar-refractivity contribution >= 4 is 0 Å². The van der Waals surface area contributed by atoms with Gasteiger partial charge in [-0.2, -0.15) is 0 Å². The normalized spacial score (nSPS) is 35.1. The molecule has 0 bridgehead atoms. The Balaban J connectivity index is 1.77. The molecule has 0 aromatic rings. The molecule has 0 aromatic heterocycles. The largest absolute Gasteiger partial charge is 0.374 e. The summed E-state index contributed by atoms with van der Waals surface area (Å²) < 4.78 is 12.1. The molecule has 0 spiro atoms. The van der Waals surface area contributed by atoms with Crippen molar-refractivity contribution in [2.45, 2.75) is 84.2 Å². The van der Waals surface area contributed by atoms with E-state index in [1.165, 1.54) is 25.7 Å². The van der Waals surface area contributed by atoms with Gasteiger partial charge in [-0.15, -0.1) is 0 Å². The minimum Gasteiger partial charge on any atom is -0.374 e. The summed E-state index contributed by atoms with van der Waals surface area (Å²) >= 11 is 0. The summed E-state index contributed by atoms with van der Waals surface area (Å²) in [6.45, 7) is 10.8. The predicted molar refractivity (Wildman–Crippen MR) is 78.4 cm³/mol. The van der Waals surface area contributed by atoms with E-state index in [0.717, 1.165) is 19.6 Å². The quantitative estimate of drug-likeness (QED) is 0.803. The lowest BCUT2D eigenvalue weighted by molar-refractivity contribution is -0.173. The fraction of sp³-hybridized carbons (Fsp3) is 1.00. The average molecular weight is 269 g/mol. The molecule has 3 atom stereocenters. The SMILES string of the molecule is CCNC1CC(OC2CCC(C)(C)CC2)C1OCC. The van der Waals surface area contributed by atoms with Crippen LogP contribution < -0.4 is 5.32 Å². The van der Waals surface area contributed by atoms with Crippen LogP contribution in [0.3, 0.4) is 0 Å². The van der Waals surface area contributed by atoms with E-state index in [2.05, 4.69) is 33.0 Å². The first-order valence-corrected chi connectivity index (χ1v) is 8.06. The van der Waals surface area contributed by atoms with Crippen molar-refractivity contribution in [1.29, 1.82) is 0 Å². The van der Waals surface area contributed by atoms with Crippen molar-refractivity contribution < 1.29 is 9.47 Å². The molecule has 0 aromatic carbocycles. The number of ether oxygens (including phenoxy) is 2. The maximum absolute atomic E-state index is 6.30. The van der Waals surface area contributed by atoms with Crippen molar-refractivity contribution in [2.75, 3.05) is 13.2 Å². The van der Waals surface area contributed by atoms with Gasteiger partial charge in [0.15, 0.2) is 0 Å². The molecular weight excluding hydrogens is 238 g/mol. The molecule has 3 unspecified atom stereocenters. The molecule has 3 nitrogen and oxygen atoms in total. The van der Waals surface area contributed by atoms with E-state index in [0.29, 0.717) is 23.7 Å². The van der Waals surface area contributed by atoms with E-state index in [-0.39, 0.29) is 6.10 Å². The number of rotatable bonds is 6. The van der Waals surface area contributed by atoms with Gasteiger partial charge in [0.25, 0.3) is 0 Å². The summed E-state index contributed by atoms with van der Waals surface area (Å²) in [7, 11) is 0. The molecule has 1 N–H and O–H groups in total. The predicted octanol–water partition coefficient (Wildman–Crippen LogP) is 3.13. The fourth-order valence-electron chi connectivity index (χ4n) is 3.35. The molecule has 3 heteroatoms. The van der Waals surface area contributed by atoms with E-state index < -0.39 is 0 Å². The van der Waals surface area contributed by atoms with Gasteiger partial charge < -0.3 is 14.8 Å². The first kappa shape index (κ1) is 15.3. The van der Waals surface area contributed by atoms with Crippen LogP contribution in [0.25, 0.3) is 0 Å². The second-order valence-corrected chi connectivity index (χ2v) is 6.86. The van der Waals surface area contributed by atoms with Crippen molar-refractivity contribution in [2.24, 2.45) is 5.41 Å². The molecule has 2 saturated carbocycles. The number of likely N-dealkylation sites (N-methyl/N-ethyl adjacent to an activating group) is 1. The summed E-state index contributed by atoms with van der Waals surface area (Å²) in [6, 6.07) is 0.495. The van der Waals surface area contributed by atoms with E-state index in [1.54, 1.807) is 0 Å². The Morgan fingerprint density at radius 1 is 1.16 bits per heavy atom. The van der Waals surface area contributed by atoms with Gasteiger partial charge in [-0.1, -0.05) is 20.8 Å². The standard InChI is InChI=1S/C16H31NO2/c1-5-17-13-11-14(15(13)18-6-2)19-12-7-9-16(3,4)10-8-12/h12-15,17H,5-11H2,1-4H3. The maximum atomic E-state index is 6.30. The molecule has 2 rings (SSSR count). The Hall–Kier alpha value is -0.120. The summed E-state index contributed by atoms with van der Waals surface area (Å²) in [5, 5.41) is 3.49. The molecule has 0 heterocycles. The van der Waals surface area contributed by atoms with Crippen LogP contribution in [0.2, 0.25) is 0 Å². The lowest BCUT2D eigenvalue weighted by Gasteiger charge is -2.46. The molecule has 0 amide bonds. The van der Waals surface area contributed by atoms with Crippen LogP contribution in [-0.4, -0.2) is 37.5 Å². The van der Waals surface area contributed by atoms with Crippen molar-refractivity contribution in [1.82, 2.24) is 5.32 Å². The van der Waals surface area contributed by atoms with Crippen LogP contribution in [0.5, 0.6) is 0 Å². The Bertz CT molecular complexity index is 270. The Morgan fingerprint density at radius 3 is 2.42 bits per heavy atom. The summed E-state index contributed by atoms with van der Waals surface area (Å²) in [4.78, 5) is 0. The zero-order chi connectivity index (χ0) is 13.9. The average Bonchev–Trinajstić information content (AvgIpc) is 2.36. The molecule has 2 aliphatic rings. The van der Waals surface area contributed by atoms with E-state index in [1.807, 2.05) is 0 Å². The highest BCUT2D eigenvalue weighted by molar-refractivity contribution is 4.98. The first-order chi connectivity index (χ1) is 9.05. The van der Waals surface area contributed by atoms with Crippen LogP contribution in [-0.2, 0) is 9.47 Å². The van der Waals surface area contributed by atoms with E-state index in [4.69, 9.17) is 9.47 Å². The molecular formula is C16H31NO2. The van der Waals surface area contributed by atoms with Crippen LogP contribution in [0.15, 0.2) is 0 Å². The molecule has 0 aliphatic heterocycles. The molecule has 2 fully saturated rings. The number of nitrogens with one attached hydrogen (secondary N) is 1. The summed E-state index contributed by atoms with van der Waals surface area (Å²) in [6.07, 6.45) is 7.17. The molecule has 2 aliphatic carbocycles. The van der Waals surface area contributed by atoms with Crippen molar-refractivity contribution in [3.05, 3.63) is 0 Å². The van der Waals surface area contributed by atoms with Crippen LogP contribution >= 0.6 is 0 Å². The Morgan fingerprint density at radius 2 is 1.84 bits per heavy atom. The van der Waals surface area contributed by atoms with Crippen LogP contribution in [0, 0.1) is 5.41 Å².